The Hall–Kier alpha value is -4.79. The van der Waals surface area contributed by atoms with Crippen LogP contribution in [0.15, 0.2) is 72.4 Å². The molecule has 0 bridgehead atoms. The molecule has 0 saturated heterocycles. The average molecular weight is 476 g/mol. The van der Waals surface area contributed by atoms with Gasteiger partial charge in [0.25, 0.3) is 11.8 Å². The van der Waals surface area contributed by atoms with Gasteiger partial charge in [0.15, 0.2) is 11.5 Å². The van der Waals surface area contributed by atoms with Gasteiger partial charge in [0.05, 0.1) is 32.6 Å². The minimum Gasteiger partial charge on any atom is -0.495 e. The van der Waals surface area contributed by atoms with Crippen LogP contribution >= 0.6 is 0 Å². The lowest BCUT2D eigenvalue weighted by Gasteiger charge is -2.14. The largest absolute Gasteiger partial charge is 0.495 e. The Balaban J connectivity index is 2.00. The first-order valence-electron chi connectivity index (χ1n) is 10.4. The molecule has 9 heteroatoms. The maximum atomic E-state index is 13.3. The van der Waals surface area contributed by atoms with E-state index in [1.165, 1.54) is 45.6 Å². The first kappa shape index (κ1) is 24.8. The van der Waals surface area contributed by atoms with Gasteiger partial charge < -0.3 is 30.0 Å². The van der Waals surface area contributed by atoms with Gasteiger partial charge in [-0.3, -0.25) is 9.59 Å². The van der Waals surface area contributed by atoms with Crippen molar-refractivity contribution in [3.05, 3.63) is 89.1 Å². The summed E-state index contributed by atoms with van der Waals surface area (Å²) in [5, 5.41) is 14.5. The Bertz CT molecular complexity index is 1270. The van der Waals surface area contributed by atoms with Crippen LogP contribution in [0.4, 0.5) is 5.69 Å². The number of rotatable bonds is 9. The summed E-state index contributed by atoms with van der Waals surface area (Å²) >= 11 is 0. The van der Waals surface area contributed by atoms with E-state index < -0.39 is 17.8 Å². The van der Waals surface area contributed by atoms with E-state index in [2.05, 4.69) is 10.6 Å². The number of anilines is 1. The number of ether oxygens (including phenoxy) is 3. The molecule has 3 rings (SSSR count). The SMILES string of the molecule is COc1ccc(C(=O)O)cc1NC(=O)C(=Cc1ccc(OC)c(OC)c1)NC(=O)c1ccccc1. The highest BCUT2D eigenvalue weighted by atomic mass is 16.5. The van der Waals surface area contributed by atoms with Crippen molar-refractivity contribution in [3.63, 3.8) is 0 Å². The predicted octanol–water partition coefficient (Wildman–Crippen LogP) is 3.82. The molecule has 3 aromatic rings. The average Bonchev–Trinajstić information content (AvgIpc) is 2.88. The molecule has 180 valence electrons. The Morgan fingerprint density at radius 1 is 0.771 bits per heavy atom. The number of methoxy groups -OCH3 is 3. The summed E-state index contributed by atoms with van der Waals surface area (Å²) in [6.45, 7) is 0. The molecule has 0 aliphatic heterocycles. The fourth-order valence-electron chi connectivity index (χ4n) is 3.18. The predicted molar refractivity (Wildman–Crippen MR) is 130 cm³/mol. The van der Waals surface area contributed by atoms with Crippen LogP contribution in [0, 0.1) is 0 Å². The summed E-state index contributed by atoms with van der Waals surface area (Å²) in [5.41, 5.74) is 0.898. The number of carboxylic acid groups (broad SMARTS) is 1. The van der Waals surface area contributed by atoms with E-state index in [4.69, 9.17) is 14.2 Å². The molecule has 0 fully saturated rings. The second-order valence-corrected chi connectivity index (χ2v) is 7.17. The Morgan fingerprint density at radius 2 is 1.43 bits per heavy atom. The van der Waals surface area contributed by atoms with Crippen molar-refractivity contribution in [2.24, 2.45) is 0 Å². The summed E-state index contributed by atoms with van der Waals surface area (Å²) < 4.78 is 15.8. The first-order valence-corrected chi connectivity index (χ1v) is 10.4. The molecule has 0 radical (unpaired) electrons. The van der Waals surface area contributed by atoms with Gasteiger partial charge in [-0.05, 0) is 54.1 Å². The number of benzene rings is 3. The molecular weight excluding hydrogens is 452 g/mol. The van der Waals surface area contributed by atoms with E-state index in [0.29, 0.717) is 22.6 Å². The number of amides is 2. The van der Waals surface area contributed by atoms with Crippen molar-refractivity contribution in [3.8, 4) is 17.2 Å². The van der Waals surface area contributed by atoms with Crippen LogP contribution in [-0.4, -0.2) is 44.2 Å². The smallest absolute Gasteiger partial charge is 0.335 e. The monoisotopic (exact) mass is 476 g/mol. The zero-order valence-corrected chi connectivity index (χ0v) is 19.3. The number of hydrogen-bond donors (Lipinski definition) is 3. The van der Waals surface area contributed by atoms with Crippen LogP contribution < -0.4 is 24.8 Å². The number of aromatic carboxylic acids is 1. The minimum absolute atomic E-state index is 0.0418. The van der Waals surface area contributed by atoms with E-state index in [-0.39, 0.29) is 22.7 Å². The highest BCUT2D eigenvalue weighted by Gasteiger charge is 2.18. The van der Waals surface area contributed by atoms with Crippen molar-refractivity contribution >= 4 is 29.5 Å². The second kappa shape index (κ2) is 11.4. The van der Waals surface area contributed by atoms with E-state index >= 15 is 0 Å². The van der Waals surface area contributed by atoms with Crippen LogP contribution in [0.25, 0.3) is 6.08 Å². The fraction of sp³-hybridized carbons (Fsp3) is 0.115. The molecule has 2 amide bonds. The van der Waals surface area contributed by atoms with Crippen LogP contribution in [0.2, 0.25) is 0 Å². The zero-order valence-electron chi connectivity index (χ0n) is 19.3. The summed E-state index contributed by atoms with van der Waals surface area (Å²) in [4.78, 5) is 37.5. The highest BCUT2D eigenvalue weighted by Crippen LogP contribution is 2.29. The molecule has 0 aliphatic rings. The van der Waals surface area contributed by atoms with Gasteiger partial charge in [-0.2, -0.15) is 0 Å². The van der Waals surface area contributed by atoms with Crippen molar-refractivity contribution in [2.75, 3.05) is 26.6 Å². The second-order valence-electron chi connectivity index (χ2n) is 7.17. The molecule has 3 aromatic carbocycles. The van der Waals surface area contributed by atoms with Crippen LogP contribution in [-0.2, 0) is 4.79 Å². The molecule has 3 N–H and O–H groups in total. The van der Waals surface area contributed by atoms with Gasteiger partial charge in [-0.15, -0.1) is 0 Å². The lowest BCUT2D eigenvalue weighted by Crippen LogP contribution is -2.30. The lowest BCUT2D eigenvalue weighted by atomic mass is 10.1. The molecule has 0 spiro atoms. The standard InChI is InChI=1S/C26H24N2O7/c1-33-21-12-10-18(26(31)32)15-19(21)27-25(30)20(28-24(29)17-7-5-4-6-8-17)13-16-9-11-22(34-2)23(14-16)35-3/h4-15H,1-3H3,(H,27,30)(H,28,29)(H,31,32). The topological polar surface area (TPSA) is 123 Å². The Morgan fingerprint density at radius 3 is 2.06 bits per heavy atom. The van der Waals surface area contributed by atoms with E-state index in [1.54, 1.807) is 48.5 Å². The number of nitrogens with one attached hydrogen (secondary N) is 2. The molecule has 0 aliphatic carbocycles. The third-order valence-corrected chi connectivity index (χ3v) is 4.94. The lowest BCUT2D eigenvalue weighted by molar-refractivity contribution is -0.113. The number of carboxylic acids is 1. The summed E-state index contributed by atoms with van der Waals surface area (Å²) in [6.07, 6.45) is 1.46. The normalized spacial score (nSPS) is 10.8. The number of carbonyl (C=O) groups excluding carboxylic acids is 2. The van der Waals surface area contributed by atoms with Crippen molar-refractivity contribution in [2.45, 2.75) is 0 Å². The summed E-state index contributed by atoms with van der Waals surface area (Å²) in [6, 6.07) is 17.5. The molecule has 0 saturated carbocycles. The maximum absolute atomic E-state index is 13.3. The zero-order chi connectivity index (χ0) is 25.4. The Kier molecular flexibility index (Phi) is 8.07. The molecule has 9 nitrogen and oxygen atoms in total. The number of hydrogen-bond acceptors (Lipinski definition) is 6. The molecule has 0 heterocycles. The van der Waals surface area contributed by atoms with E-state index in [9.17, 15) is 19.5 Å². The van der Waals surface area contributed by atoms with Gasteiger partial charge in [0.1, 0.15) is 11.4 Å². The molecule has 0 unspecified atom stereocenters. The number of carbonyl (C=O) groups is 3. The van der Waals surface area contributed by atoms with E-state index in [1.807, 2.05) is 0 Å². The quantitative estimate of drug-likeness (QED) is 0.401. The Labute approximate surface area is 201 Å². The third kappa shape index (κ3) is 6.17. The van der Waals surface area contributed by atoms with E-state index in [0.717, 1.165) is 0 Å². The van der Waals surface area contributed by atoms with Crippen LogP contribution in [0.1, 0.15) is 26.3 Å². The first-order chi connectivity index (χ1) is 16.9. The van der Waals surface area contributed by atoms with Gasteiger partial charge in [-0.25, -0.2) is 4.79 Å². The minimum atomic E-state index is -1.17. The third-order valence-electron chi connectivity index (χ3n) is 4.94. The van der Waals surface area contributed by atoms with Gasteiger partial charge in [0, 0.05) is 5.56 Å². The highest BCUT2D eigenvalue weighted by molar-refractivity contribution is 6.11. The van der Waals surface area contributed by atoms with Gasteiger partial charge in [0.2, 0.25) is 0 Å². The summed E-state index contributed by atoms with van der Waals surface area (Å²) in [5.74, 6) is -1.17. The van der Waals surface area contributed by atoms with Crippen molar-refractivity contribution < 1.29 is 33.7 Å². The molecule has 35 heavy (non-hydrogen) atoms. The van der Waals surface area contributed by atoms with Gasteiger partial charge >= 0.3 is 5.97 Å². The van der Waals surface area contributed by atoms with Crippen molar-refractivity contribution in [1.82, 2.24) is 5.32 Å². The molecule has 0 atom stereocenters. The van der Waals surface area contributed by atoms with Crippen LogP contribution in [0.3, 0.4) is 0 Å². The summed E-state index contributed by atoms with van der Waals surface area (Å²) in [7, 11) is 4.38. The maximum Gasteiger partial charge on any atom is 0.335 e. The molecule has 0 aromatic heterocycles. The van der Waals surface area contributed by atoms with Gasteiger partial charge in [-0.1, -0.05) is 24.3 Å². The van der Waals surface area contributed by atoms with Crippen molar-refractivity contribution in [1.29, 1.82) is 0 Å². The molecular formula is C26H24N2O7. The van der Waals surface area contributed by atoms with Crippen LogP contribution in [0.5, 0.6) is 17.2 Å². The fourth-order valence-corrected chi connectivity index (χ4v) is 3.18.